The molecular formula is C18H23NO5S2. The third-order valence-corrected chi connectivity index (χ3v) is 7.53. The molecular weight excluding hydrogens is 374 g/mol. The zero-order valence-electron chi connectivity index (χ0n) is 14.7. The molecule has 2 fully saturated rings. The molecule has 1 saturated carbocycles. The fraction of sp³-hybridized carbons (Fsp3) is 0.556. The SMILES string of the molecule is Cc1ccccc1SCC(=O)OCC(=O)N(C1CC1)[C@@H]1CCS(=O)(=O)C1. The van der Waals surface area contributed by atoms with Gasteiger partial charge in [0.15, 0.2) is 16.4 Å². The molecule has 142 valence electrons. The number of hydrogen-bond donors (Lipinski definition) is 0. The molecule has 0 N–H and O–H groups in total. The summed E-state index contributed by atoms with van der Waals surface area (Å²) >= 11 is 1.38. The van der Waals surface area contributed by atoms with E-state index in [1.54, 1.807) is 4.90 Å². The van der Waals surface area contributed by atoms with Gasteiger partial charge in [0.05, 0.1) is 17.3 Å². The number of esters is 1. The Labute approximate surface area is 158 Å². The number of aryl methyl sites for hydroxylation is 1. The average molecular weight is 398 g/mol. The number of carbonyl (C=O) groups is 2. The van der Waals surface area contributed by atoms with Crippen molar-refractivity contribution >= 4 is 33.5 Å². The second kappa shape index (κ2) is 8.00. The number of sulfone groups is 1. The summed E-state index contributed by atoms with van der Waals surface area (Å²) < 4.78 is 28.5. The van der Waals surface area contributed by atoms with Crippen LogP contribution in [0, 0.1) is 6.92 Å². The number of ether oxygens (including phenoxy) is 1. The standard InChI is InChI=1S/C18H23NO5S2/c1-13-4-2-3-5-16(13)25-11-18(21)24-10-17(20)19(14-6-7-14)15-8-9-26(22,23)12-15/h2-5,14-15H,6-12H2,1H3/t15-/m1/s1. The molecule has 8 heteroatoms. The maximum absolute atomic E-state index is 12.5. The smallest absolute Gasteiger partial charge is 0.316 e. The summed E-state index contributed by atoms with van der Waals surface area (Å²) in [5, 5.41) is 0. The third kappa shape index (κ3) is 5.01. The normalized spacial score (nSPS) is 21.3. The molecule has 0 bridgehead atoms. The zero-order valence-corrected chi connectivity index (χ0v) is 16.4. The van der Waals surface area contributed by atoms with Crippen LogP contribution < -0.4 is 0 Å². The summed E-state index contributed by atoms with van der Waals surface area (Å²) in [5.41, 5.74) is 1.09. The summed E-state index contributed by atoms with van der Waals surface area (Å²) in [6, 6.07) is 7.58. The van der Waals surface area contributed by atoms with Crippen molar-refractivity contribution in [2.24, 2.45) is 0 Å². The number of thioether (sulfide) groups is 1. The van der Waals surface area contributed by atoms with Crippen LogP contribution in [0.4, 0.5) is 0 Å². The van der Waals surface area contributed by atoms with Crippen molar-refractivity contribution < 1.29 is 22.7 Å². The second-order valence-corrected chi connectivity index (χ2v) is 10.0. The molecule has 3 rings (SSSR count). The molecule has 1 aromatic carbocycles. The van der Waals surface area contributed by atoms with Crippen molar-refractivity contribution in [2.45, 2.75) is 43.2 Å². The summed E-state index contributed by atoms with van der Waals surface area (Å²) in [6.45, 7) is 1.65. The molecule has 0 aromatic heterocycles. The Morgan fingerprint density at radius 3 is 2.54 bits per heavy atom. The molecule has 0 radical (unpaired) electrons. The molecule has 1 aromatic rings. The summed E-state index contributed by atoms with van der Waals surface area (Å²) in [6.07, 6.45) is 2.25. The lowest BCUT2D eigenvalue weighted by Crippen LogP contribution is -2.44. The minimum Gasteiger partial charge on any atom is -0.455 e. The van der Waals surface area contributed by atoms with E-state index < -0.39 is 15.8 Å². The van der Waals surface area contributed by atoms with Crippen LogP contribution in [0.25, 0.3) is 0 Å². The van der Waals surface area contributed by atoms with E-state index in [4.69, 9.17) is 4.74 Å². The first-order valence-corrected chi connectivity index (χ1v) is 11.5. The number of carbonyl (C=O) groups excluding carboxylic acids is 2. The molecule has 1 aliphatic heterocycles. The Bertz CT molecular complexity index is 789. The number of nitrogens with zero attached hydrogens (tertiary/aromatic N) is 1. The Morgan fingerprint density at radius 1 is 1.19 bits per heavy atom. The predicted molar refractivity (Wildman–Crippen MR) is 99.8 cm³/mol. The van der Waals surface area contributed by atoms with E-state index in [1.807, 2.05) is 31.2 Å². The van der Waals surface area contributed by atoms with Crippen LogP contribution >= 0.6 is 11.8 Å². The number of benzene rings is 1. The topological polar surface area (TPSA) is 80.8 Å². The van der Waals surface area contributed by atoms with Gasteiger partial charge in [-0.15, -0.1) is 11.8 Å². The molecule has 6 nitrogen and oxygen atoms in total. The molecule has 0 unspecified atom stereocenters. The minimum absolute atomic E-state index is 0.0202. The van der Waals surface area contributed by atoms with Gasteiger partial charge >= 0.3 is 5.97 Å². The van der Waals surface area contributed by atoms with Crippen molar-refractivity contribution in [1.29, 1.82) is 0 Å². The highest BCUT2D eigenvalue weighted by molar-refractivity contribution is 8.00. The fourth-order valence-corrected chi connectivity index (χ4v) is 5.70. The average Bonchev–Trinajstić information content (AvgIpc) is 3.35. The Kier molecular flexibility index (Phi) is 5.92. The Balaban J connectivity index is 1.49. The molecule has 1 heterocycles. The van der Waals surface area contributed by atoms with Gasteiger partial charge in [0.1, 0.15) is 0 Å². The lowest BCUT2D eigenvalue weighted by atomic mass is 10.2. The molecule has 2 aliphatic rings. The fourth-order valence-electron chi connectivity index (χ4n) is 3.17. The number of hydrogen-bond acceptors (Lipinski definition) is 6. The van der Waals surface area contributed by atoms with Crippen LogP contribution in [-0.2, 0) is 24.2 Å². The molecule has 0 spiro atoms. The first-order valence-electron chi connectivity index (χ1n) is 8.71. The van der Waals surface area contributed by atoms with Gasteiger partial charge in [0, 0.05) is 17.0 Å². The van der Waals surface area contributed by atoms with Crippen LogP contribution in [0.3, 0.4) is 0 Å². The van der Waals surface area contributed by atoms with Gasteiger partial charge in [-0.25, -0.2) is 8.42 Å². The van der Waals surface area contributed by atoms with Crippen molar-refractivity contribution in [3.05, 3.63) is 29.8 Å². The Hall–Kier alpha value is -1.54. The summed E-state index contributed by atoms with van der Waals surface area (Å²) in [5.74, 6) is -0.447. The third-order valence-electron chi connectivity index (χ3n) is 4.63. The predicted octanol–water partition coefficient (Wildman–Crippen LogP) is 1.81. The highest BCUT2D eigenvalue weighted by Gasteiger charge is 2.42. The van der Waals surface area contributed by atoms with Crippen LogP contribution in [0.15, 0.2) is 29.2 Å². The van der Waals surface area contributed by atoms with Crippen molar-refractivity contribution in [1.82, 2.24) is 4.90 Å². The van der Waals surface area contributed by atoms with Crippen LogP contribution in [-0.4, -0.2) is 61.1 Å². The molecule has 1 amide bonds. The Morgan fingerprint density at radius 2 is 1.92 bits per heavy atom. The summed E-state index contributed by atoms with van der Waals surface area (Å²) in [7, 11) is -3.06. The van der Waals surface area contributed by atoms with Crippen molar-refractivity contribution in [3.63, 3.8) is 0 Å². The lowest BCUT2D eigenvalue weighted by molar-refractivity contribution is -0.151. The van der Waals surface area contributed by atoms with E-state index in [1.165, 1.54) is 11.8 Å². The van der Waals surface area contributed by atoms with Gasteiger partial charge in [-0.3, -0.25) is 9.59 Å². The summed E-state index contributed by atoms with van der Waals surface area (Å²) in [4.78, 5) is 27.1. The van der Waals surface area contributed by atoms with Gasteiger partial charge in [-0.05, 0) is 37.8 Å². The maximum atomic E-state index is 12.5. The molecule has 1 aliphatic carbocycles. The minimum atomic E-state index is -3.06. The first kappa shape index (κ1) is 19.2. The molecule has 26 heavy (non-hydrogen) atoms. The largest absolute Gasteiger partial charge is 0.455 e. The van der Waals surface area contributed by atoms with E-state index in [0.717, 1.165) is 23.3 Å². The van der Waals surface area contributed by atoms with Crippen LogP contribution in [0.2, 0.25) is 0 Å². The van der Waals surface area contributed by atoms with Gasteiger partial charge in [-0.2, -0.15) is 0 Å². The van der Waals surface area contributed by atoms with E-state index in [-0.39, 0.29) is 41.9 Å². The monoisotopic (exact) mass is 397 g/mol. The van der Waals surface area contributed by atoms with E-state index in [2.05, 4.69) is 0 Å². The number of rotatable bonds is 7. The van der Waals surface area contributed by atoms with E-state index in [0.29, 0.717) is 6.42 Å². The molecule has 1 saturated heterocycles. The highest BCUT2D eigenvalue weighted by atomic mass is 32.2. The van der Waals surface area contributed by atoms with Gasteiger partial charge < -0.3 is 9.64 Å². The second-order valence-electron chi connectivity index (χ2n) is 6.80. The van der Waals surface area contributed by atoms with Gasteiger partial charge in [-0.1, -0.05) is 18.2 Å². The van der Waals surface area contributed by atoms with Gasteiger partial charge in [0.2, 0.25) is 0 Å². The van der Waals surface area contributed by atoms with Crippen molar-refractivity contribution in [3.8, 4) is 0 Å². The molecule has 1 atom stereocenters. The maximum Gasteiger partial charge on any atom is 0.316 e. The van der Waals surface area contributed by atoms with E-state index >= 15 is 0 Å². The lowest BCUT2D eigenvalue weighted by Gasteiger charge is -2.28. The highest BCUT2D eigenvalue weighted by Crippen LogP contribution is 2.32. The van der Waals surface area contributed by atoms with Gasteiger partial charge in [0.25, 0.3) is 5.91 Å². The van der Waals surface area contributed by atoms with Crippen molar-refractivity contribution in [2.75, 3.05) is 23.9 Å². The first-order chi connectivity index (χ1) is 12.4. The van der Waals surface area contributed by atoms with E-state index in [9.17, 15) is 18.0 Å². The quantitative estimate of drug-likeness (QED) is 0.516. The number of amides is 1. The van der Waals surface area contributed by atoms with Crippen LogP contribution in [0.1, 0.15) is 24.8 Å². The zero-order chi connectivity index (χ0) is 18.7. The van der Waals surface area contributed by atoms with Crippen LogP contribution in [0.5, 0.6) is 0 Å².